The summed E-state index contributed by atoms with van der Waals surface area (Å²) >= 11 is 0. The highest BCUT2D eigenvalue weighted by molar-refractivity contribution is 6.02. The first-order valence-electron chi connectivity index (χ1n) is 23.7. The molecule has 0 fully saturated rings. The molecule has 392 valence electrons. The van der Waals surface area contributed by atoms with Crippen LogP contribution in [-0.2, 0) is 57.5 Å². The van der Waals surface area contributed by atoms with Crippen LogP contribution in [0.5, 0.6) is 11.5 Å². The largest absolute Gasteiger partial charge is 0.489 e. The average Bonchev–Trinajstić information content (AvgIpc) is 3.98. The summed E-state index contributed by atoms with van der Waals surface area (Å²) in [5, 5.41) is 5.79. The first-order valence-corrected chi connectivity index (χ1v) is 23.7. The van der Waals surface area contributed by atoms with Crippen LogP contribution in [-0.4, -0.2) is 48.3 Å². The highest BCUT2D eigenvalue weighted by atomic mass is 35.5. The fraction of sp³-hybridized carbons (Fsp3) is 0.316. The summed E-state index contributed by atoms with van der Waals surface area (Å²) in [5.74, 6) is -0.0815. The molecule has 0 radical (unpaired) electrons. The fourth-order valence-electron chi connectivity index (χ4n) is 8.36. The number of anilines is 2. The second kappa shape index (κ2) is 23.3. The number of halogens is 7. The summed E-state index contributed by atoms with van der Waals surface area (Å²) in [6, 6.07) is 35.0. The lowest BCUT2D eigenvalue weighted by Crippen LogP contribution is -2.50. The molecule has 6 aromatic carbocycles. The summed E-state index contributed by atoms with van der Waals surface area (Å²) in [4.78, 5) is 40.4. The molecule has 0 bridgehead atoms. The van der Waals surface area contributed by atoms with Crippen LogP contribution >= 0.6 is 12.4 Å². The van der Waals surface area contributed by atoms with Crippen molar-refractivity contribution in [1.29, 1.82) is 0 Å². The lowest BCUT2D eigenvalue weighted by Gasteiger charge is -2.27. The van der Waals surface area contributed by atoms with Crippen LogP contribution in [0.4, 0.5) is 42.5 Å². The zero-order valence-corrected chi connectivity index (χ0v) is 42.5. The zero-order chi connectivity index (χ0) is 52.7. The summed E-state index contributed by atoms with van der Waals surface area (Å²) < 4.78 is 105. The number of alkyl halides is 6. The molecule has 0 saturated heterocycles. The molecule has 2 aliphatic heterocycles. The molecule has 6 aromatic rings. The molecule has 2 N–H and O–H groups in total. The monoisotopic (exact) mass is 1050 g/mol. The molecule has 2 amide bonds. The van der Waals surface area contributed by atoms with E-state index in [0.717, 1.165) is 30.3 Å². The Hall–Kier alpha value is -7.20. The summed E-state index contributed by atoms with van der Waals surface area (Å²) in [6.07, 6.45) is -8.83. The van der Waals surface area contributed by atoms with E-state index >= 15 is 0 Å². The normalized spacial score (nSPS) is 13.4. The van der Waals surface area contributed by atoms with Gasteiger partial charge in [0.25, 0.3) is 0 Å². The van der Waals surface area contributed by atoms with Gasteiger partial charge >= 0.3 is 24.4 Å². The second-order valence-electron chi connectivity index (χ2n) is 19.6. The molecule has 2 heterocycles. The Morgan fingerprint density at radius 2 is 1.11 bits per heavy atom. The van der Waals surface area contributed by atoms with Crippen molar-refractivity contribution in [1.82, 2.24) is 5.32 Å². The molecule has 17 heteroatoms. The summed E-state index contributed by atoms with van der Waals surface area (Å²) in [5.41, 5.74) is 2.72. The number of benzene rings is 6. The van der Waals surface area contributed by atoms with Gasteiger partial charge in [0.15, 0.2) is 0 Å². The number of fused-ring (bicyclic) bond motifs is 2. The molecule has 74 heavy (non-hydrogen) atoms. The van der Waals surface area contributed by atoms with Crippen molar-refractivity contribution in [3.8, 4) is 33.8 Å². The quantitative estimate of drug-likeness (QED) is 0.0920. The van der Waals surface area contributed by atoms with Gasteiger partial charge in [-0.1, -0.05) is 84.9 Å². The highest BCUT2D eigenvalue weighted by Gasteiger charge is 2.37. The maximum absolute atomic E-state index is 13.9. The molecular formula is C57H58ClF6N3O7. The minimum Gasteiger partial charge on any atom is -0.489 e. The lowest BCUT2D eigenvalue weighted by molar-refractivity contribution is -0.156. The van der Waals surface area contributed by atoms with Gasteiger partial charge in [-0.15, -0.1) is 12.4 Å². The van der Waals surface area contributed by atoms with Gasteiger partial charge in [-0.3, -0.25) is 9.59 Å². The van der Waals surface area contributed by atoms with E-state index in [1.165, 1.54) is 28.7 Å². The number of carbonyl (C=O) groups excluding carboxylic acids is 3. The van der Waals surface area contributed by atoms with Crippen molar-refractivity contribution in [3.63, 3.8) is 0 Å². The van der Waals surface area contributed by atoms with Crippen molar-refractivity contribution in [2.45, 2.75) is 104 Å². The number of alkyl carbamates (subject to hydrolysis) is 1. The topological polar surface area (TPSA) is 115 Å². The van der Waals surface area contributed by atoms with Crippen molar-refractivity contribution in [2.24, 2.45) is 0 Å². The number of nitrogens with zero attached hydrogens (tertiary/aromatic N) is 1. The van der Waals surface area contributed by atoms with E-state index < -0.39 is 65.1 Å². The highest BCUT2D eigenvalue weighted by Crippen LogP contribution is 2.40. The third-order valence-corrected chi connectivity index (χ3v) is 11.5. The smallest absolute Gasteiger partial charge is 0.417 e. The Balaban J connectivity index is 0.000000270. The molecule has 8 rings (SSSR count). The number of hydrogen-bond donors (Lipinski definition) is 2. The predicted molar refractivity (Wildman–Crippen MR) is 274 cm³/mol. The third kappa shape index (κ3) is 15.2. The van der Waals surface area contributed by atoms with Crippen LogP contribution in [0.3, 0.4) is 0 Å². The van der Waals surface area contributed by atoms with Crippen molar-refractivity contribution in [3.05, 3.63) is 167 Å². The molecular weight excluding hydrogens is 988 g/mol. The average molecular weight is 1050 g/mol. The van der Waals surface area contributed by atoms with Gasteiger partial charge in [0, 0.05) is 24.5 Å². The van der Waals surface area contributed by atoms with Crippen LogP contribution in [0, 0.1) is 0 Å². The molecule has 2 aliphatic rings. The number of nitrogens with one attached hydrogen (secondary N) is 2. The van der Waals surface area contributed by atoms with Gasteiger partial charge in [-0.25, -0.2) is 4.79 Å². The van der Waals surface area contributed by atoms with Crippen LogP contribution in [0.1, 0.15) is 81.3 Å². The second-order valence-corrected chi connectivity index (χ2v) is 19.6. The SMILES string of the molecule is CC(C)(C)OC(=O)C[C@@H](NC(=O)OC(C)(C)C)C(=O)N1CCc2cc(OCc3ccc(-c4ccccc4)c(C(F)(F)F)c3)ccc21.Cl.FC(F)(F)c1cc(COc2ccc3c(c2)CCN3)ccc1-c1ccccc1. The number of carbonyl (C=O) groups is 3. The Bertz CT molecular complexity index is 2890. The minimum absolute atomic E-state index is 0. The van der Waals surface area contributed by atoms with E-state index in [0.29, 0.717) is 45.9 Å². The van der Waals surface area contributed by atoms with Gasteiger partial charge in [0.1, 0.15) is 42.0 Å². The summed E-state index contributed by atoms with van der Waals surface area (Å²) in [6.45, 7) is 11.3. The van der Waals surface area contributed by atoms with E-state index in [2.05, 4.69) is 10.6 Å². The van der Waals surface area contributed by atoms with Crippen molar-refractivity contribution >= 4 is 41.8 Å². The molecule has 0 saturated carbocycles. The van der Waals surface area contributed by atoms with E-state index in [-0.39, 0.29) is 43.3 Å². The predicted octanol–water partition coefficient (Wildman–Crippen LogP) is 13.8. The third-order valence-electron chi connectivity index (χ3n) is 11.5. The Kier molecular flexibility index (Phi) is 17.7. The van der Waals surface area contributed by atoms with Crippen molar-refractivity contribution in [2.75, 3.05) is 23.3 Å². The fourth-order valence-corrected chi connectivity index (χ4v) is 8.36. The van der Waals surface area contributed by atoms with Gasteiger partial charge in [-0.05, 0) is 147 Å². The van der Waals surface area contributed by atoms with E-state index in [1.807, 2.05) is 18.2 Å². The summed E-state index contributed by atoms with van der Waals surface area (Å²) in [7, 11) is 0. The lowest BCUT2D eigenvalue weighted by atomic mass is 9.97. The number of hydrogen-bond acceptors (Lipinski definition) is 8. The van der Waals surface area contributed by atoms with E-state index in [1.54, 1.807) is 133 Å². The van der Waals surface area contributed by atoms with Crippen LogP contribution in [0.25, 0.3) is 22.3 Å². The number of amides is 2. The molecule has 1 atom stereocenters. The van der Waals surface area contributed by atoms with Crippen LogP contribution < -0.4 is 25.0 Å². The first-order chi connectivity index (χ1) is 34.4. The first kappa shape index (κ1) is 56.1. The van der Waals surface area contributed by atoms with Crippen LogP contribution in [0.2, 0.25) is 0 Å². The molecule has 0 spiro atoms. The number of esters is 1. The Labute approximate surface area is 432 Å². The molecule has 10 nitrogen and oxygen atoms in total. The van der Waals surface area contributed by atoms with Gasteiger partial charge < -0.3 is 34.5 Å². The Morgan fingerprint density at radius 3 is 1.61 bits per heavy atom. The van der Waals surface area contributed by atoms with E-state index in [4.69, 9.17) is 18.9 Å². The molecule has 0 unspecified atom stereocenters. The molecule has 0 aliphatic carbocycles. The maximum Gasteiger partial charge on any atom is 0.417 e. The van der Waals surface area contributed by atoms with Gasteiger partial charge in [0.05, 0.1) is 17.5 Å². The van der Waals surface area contributed by atoms with Crippen LogP contribution in [0.15, 0.2) is 133 Å². The minimum atomic E-state index is -4.55. The Morgan fingerprint density at radius 1 is 0.608 bits per heavy atom. The van der Waals surface area contributed by atoms with Gasteiger partial charge in [0.2, 0.25) is 5.91 Å². The van der Waals surface area contributed by atoms with Crippen molar-refractivity contribution < 1.29 is 59.7 Å². The standard InChI is InChI=1S/C35H39F3N2O6.C22H18F3NO.ClH/c1-33(2,3)45-30(41)20-28(39-32(43)46-34(4,5)6)31(42)40-17-16-24-19-25(13-15-29(24)40)44-21-22-12-14-26(23-10-8-7-9-11-23)27(18-22)35(36,37)38;23-22(24,25)20-12-15(6-8-19(20)16-4-2-1-3-5-16)14-27-18-7-9-21-17(13-18)10-11-26-21;/h7-15,18-19,28H,16-17,20-21H2,1-6H3,(H,39,43);1-9,12-13,26H,10-11,14H2;1H/t28-;;/m1../s1. The number of rotatable bonds is 12. The van der Waals surface area contributed by atoms with E-state index in [9.17, 15) is 40.7 Å². The molecule has 0 aromatic heterocycles. The zero-order valence-electron chi connectivity index (χ0n) is 41.7. The maximum atomic E-state index is 13.9. The number of ether oxygens (including phenoxy) is 4. The van der Waals surface area contributed by atoms with Gasteiger partial charge in [-0.2, -0.15) is 26.3 Å².